The monoisotopic (exact) mass is 264 g/mol. The number of aryl methyl sites for hydroxylation is 1. The van der Waals surface area contributed by atoms with E-state index in [9.17, 15) is 4.79 Å². The summed E-state index contributed by atoms with van der Waals surface area (Å²) in [4.78, 5) is 16.1. The van der Waals surface area contributed by atoms with Gasteiger partial charge in [0.05, 0.1) is 5.01 Å². The molecule has 18 heavy (non-hydrogen) atoms. The van der Waals surface area contributed by atoms with Crippen LogP contribution in [-0.4, -0.2) is 22.0 Å². The summed E-state index contributed by atoms with van der Waals surface area (Å²) >= 11 is 1.47. The van der Waals surface area contributed by atoms with Crippen LogP contribution in [0.2, 0.25) is 0 Å². The van der Waals surface area contributed by atoms with E-state index in [1.807, 2.05) is 30.1 Å². The van der Waals surface area contributed by atoms with Gasteiger partial charge in [-0.1, -0.05) is 0 Å². The molecule has 0 atom stereocenters. The molecular weight excluding hydrogens is 248 g/mol. The van der Waals surface area contributed by atoms with Crippen molar-refractivity contribution in [2.75, 3.05) is 6.54 Å². The Balaban J connectivity index is 1.90. The Morgan fingerprint density at radius 2 is 2.44 bits per heavy atom. The van der Waals surface area contributed by atoms with Gasteiger partial charge in [-0.3, -0.25) is 4.79 Å². The third-order valence-electron chi connectivity index (χ3n) is 2.49. The zero-order valence-electron chi connectivity index (χ0n) is 10.2. The largest absolute Gasteiger partial charge is 0.357 e. The van der Waals surface area contributed by atoms with Crippen molar-refractivity contribution in [2.24, 2.45) is 12.8 Å². The van der Waals surface area contributed by atoms with E-state index < -0.39 is 0 Å². The Morgan fingerprint density at radius 1 is 1.61 bits per heavy atom. The van der Waals surface area contributed by atoms with Crippen LogP contribution in [0.5, 0.6) is 0 Å². The lowest BCUT2D eigenvalue weighted by Crippen LogP contribution is -2.23. The van der Waals surface area contributed by atoms with Gasteiger partial charge in [-0.2, -0.15) is 0 Å². The lowest BCUT2D eigenvalue weighted by molar-refractivity contribution is 0.0946. The van der Waals surface area contributed by atoms with Crippen molar-refractivity contribution in [2.45, 2.75) is 13.0 Å². The third-order valence-corrected chi connectivity index (χ3v) is 3.40. The predicted molar refractivity (Wildman–Crippen MR) is 71.5 cm³/mol. The number of nitrogens with two attached hydrogens (primary N) is 1. The maximum absolute atomic E-state index is 11.8. The van der Waals surface area contributed by atoms with E-state index in [1.54, 1.807) is 5.38 Å². The van der Waals surface area contributed by atoms with Crippen molar-refractivity contribution < 1.29 is 4.79 Å². The molecule has 0 radical (unpaired) electrons. The maximum atomic E-state index is 11.8. The molecule has 0 aliphatic rings. The molecule has 0 aliphatic heterocycles. The lowest BCUT2D eigenvalue weighted by atomic mass is 10.3. The Morgan fingerprint density at radius 3 is 3.11 bits per heavy atom. The Kier molecular flexibility index (Phi) is 4.11. The van der Waals surface area contributed by atoms with Crippen LogP contribution in [0.1, 0.15) is 21.1 Å². The molecule has 0 bridgehead atoms. The second kappa shape index (κ2) is 5.79. The third kappa shape index (κ3) is 3.18. The zero-order valence-corrected chi connectivity index (χ0v) is 11.0. The minimum absolute atomic E-state index is 0.140. The first-order valence-corrected chi connectivity index (χ1v) is 6.60. The normalized spacial score (nSPS) is 10.6. The number of nitrogens with zero attached hydrogens (tertiary/aromatic N) is 2. The van der Waals surface area contributed by atoms with Gasteiger partial charge in [0.1, 0.15) is 5.69 Å². The van der Waals surface area contributed by atoms with Crippen molar-refractivity contribution in [3.63, 3.8) is 0 Å². The molecule has 0 saturated heterocycles. The smallest absolute Gasteiger partial charge is 0.271 e. The van der Waals surface area contributed by atoms with Crippen molar-refractivity contribution in [3.05, 3.63) is 40.1 Å². The molecule has 2 rings (SSSR count). The van der Waals surface area contributed by atoms with Crippen LogP contribution in [0.4, 0.5) is 0 Å². The summed E-state index contributed by atoms with van der Waals surface area (Å²) in [5.74, 6) is -0.140. The summed E-state index contributed by atoms with van der Waals surface area (Å²) in [7, 11) is 1.95. The van der Waals surface area contributed by atoms with E-state index in [4.69, 9.17) is 5.73 Å². The van der Waals surface area contributed by atoms with Gasteiger partial charge in [0.2, 0.25) is 0 Å². The topological polar surface area (TPSA) is 72.9 Å². The van der Waals surface area contributed by atoms with Crippen molar-refractivity contribution >= 4 is 17.2 Å². The first-order chi connectivity index (χ1) is 8.69. The first kappa shape index (κ1) is 12.8. The Labute approximate surface area is 110 Å². The highest BCUT2D eigenvalue weighted by Gasteiger charge is 2.10. The predicted octanol–water partition coefficient (Wildman–Crippen LogP) is 0.913. The van der Waals surface area contributed by atoms with Gasteiger partial charge in [0.15, 0.2) is 0 Å². The summed E-state index contributed by atoms with van der Waals surface area (Å²) in [6.07, 6.45) is 4.64. The van der Waals surface area contributed by atoms with Crippen molar-refractivity contribution in [3.8, 4) is 0 Å². The first-order valence-electron chi connectivity index (χ1n) is 5.72. The molecule has 2 aromatic rings. The molecule has 2 aromatic heterocycles. The van der Waals surface area contributed by atoms with Gasteiger partial charge in [-0.15, -0.1) is 11.3 Å². The van der Waals surface area contributed by atoms with Crippen LogP contribution in [0.3, 0.4) is 0 Å². The van der Waals surface area contributed by atoms with Gasteiger partial charge < -0.3 is 15.6 Å². The second-order valence-corrected chi connectivity index (χ2v) is 4.98. The van der Waals surface area contributed by atoms with Gasteiger partial charge >= 0.3 is 0 Å². The number of aromatic nitrogens is 2. The average molecular weight is 264 g/mol. The maximum Gasteiger partial charge on any atom is 0.271 e. The number of nitrogens with one attached hydrogen (secondary N) is 1. The second-order valence-electron chi connectivity index (χ2n) is 4.03. The summed E-state index contributed by atoms with van der Waals surface area (Å²) in [5.41, 5.74) is 6.99. The van der Waals surface area contributed by atoms with Crippen molar-refractivity contribution in [1.29, 1.82) is 0 Å². The van der Waals surface area contributed by atoms with Crippen LogP contribution in [-0.2, 0) is 20.0 Å². The molecule has 3 N–H and O–H groups in total. The molecule has 0 aliphatic carbocycles. The van der Waals surface area contributed by atoms with Gasteiger partial charge in [-0.05, 0) is 18.2 Å². The lowest BCUT2D eigenvalue weighted by Gasteiger charge is -2.00. The molecule has 2 heterocycles. The molecule has 0 fully saturated rings. The van der Waals surface area contributed by atoms with Crippen LogP contribution >= 0.6 is 11.3 Å². The zero-order chi connectivity index (χ0) is 13.0. The number of amides is 1. The minimum atomic E-state index is -0.140. The van der Waals surface area contributed by atoms with E-state index in [2.05, 4.69) is 10.3 Å². The quantitative estimate of drug-likeness (QED) is 0.843. The highest BCUT2D eigenvalue weighted by atomic mass is 32.1. The molecule has 0 unspecified atom stereocenters. The summed E-state index contributed by atoms with van der Waals surface area (Å²) in [6.45, 7) is 1.07. The van der Waals surface area contributed by atoms with E-state index in [-0.39, 0.29) is 5.91 Å². The molecular formula is C12H16N4OS. The van der Waals surface area contributed by atoms with E-state index in [1.165, 1.54) is 11.3 Å². The molecule has 0 spiro atoms. The fourth-order valence-electron chi connectivity index (χ4n) is 1.59. The molecule has 96 valence electrons. The van der Waals surface area contributed by atoms with Gasteiger partial charge in [-0.25, -0.2) is 4.98 Å². The fourth-order valence-corrected chi connectivity index (χ4v) is 2.39. The Bertz CT molecular complexity index is 532. The molecule has 1 amide bonds. The summed E-state index contributed by atoms with van der Waals surface area (Å²) in [5, 5.41) is 5.52. The average Bonchev–Trinajstić information content (AvgIpc) is 2.96. The van der Waals surface area contributed by atoms with Crippen LogP contribution in [0, 0.1) is 0 Å². The highest BCUT2D eigenvalue weighted by Crippen LogP contribution is 2.10. The van der Waals surface area contributed by atoms with Crippen LogP contribution in [0.25, 0.3) is 0 Å². The highest BCUT2D eigenvalue weighted by molar-refractivity contribution is 7.09. The summed E-state index contributed by atoms with van der Waals surface area (Å²) < 4.78 is 1.95. The number of rotatable bonds is 5. The SMILES string of the molecule is Cn1ccc(CNC(=O)c2csc(CCN)n2)c1. The molecule has 5 nitrogen and oxygen atoms in total. The van der Waals surface area contributed by atoms with E-state index in [0.29, 0.717) is 18.8 Å². The molecule has 6 heteroatoms. The molecule has 0 aromatic carbocycles. The standard InChI is InChI=1S/C12H16N4OS/c1-16-5-3-9(7-16)6-14-12(17)10-8-18-11(15-10)2-4-13/h3,5,7-8H,2,4,6,13H2,1H3,(H,14,17). The fraction of sp³-hybridized carbons (Fsp3) is 0.333. The van der Waals surface area contributed by atoms with E-state index in [0.717, 1.165) is 17.0 Å². The Hall–Kier alpha value is -1.66. The summed E-state index contributed by atoms with van der Waals surface area (Å²) in [6, 6.07) is 1.97. The van der Waals surface area contributed by atoms with Gasteiger partial charge in [0, 0.05) is 37.8 Å². The number of hydrogen-bond donors (Lipinski definition) is 2. The van der Waals surface area contributed by atoms with Crippen LogP contribution in [0.15, 0.2) is 23.8 Å². The number of thiazole rings is 1. The van der Waals surface area contributed by atoms with Crippen molar-refractivity contribution in [1.82, 2.24) is 14.9 Å². The number of carbonyl (C=O) groups excluding carboxylic acids is 1. The van der Waals surface area contributed by atoms with Crippen LogP contribution < -0.4 is 11.1 Å². The number of carbonyl (C=O) groups is 1. The molecule has 0 saturated carbocycles. The minimum Gasteiger partial charge on any atom is -0.357 e. The van der Waals surface area contributed by atoms with Gasteiger partial charge in [0.25, 0.3) is 5.91 Å². The number of hydrogen-bond acceptors (Lipinski definition) is 4. The van der Waals surface area contributed by atoms with E-state index >= 15 is 0 Å².